The first-order valence-electron chi connectivity index (χ1n) is 9.32. The van der Waals surface area contributed by atoms with Crippen LogP contribution in [0, 0.1) is 0 Å². The zero-order valence-corrected chi connectivity index (χ0v) is 15.3. The zero-order chi connectivity index (χ0) is 18.8. The summed E-state index contributed by atoms with van der Waals surface area (Å²) in [6.45, 7) is 0. The van der Waals surface area contributed by atoms with Crippen molar-refractivity contribution >= 4 is 22.3 Å². The van der Waals surface area contributed by atoms with Gasteiger partial charge in [-0.3, -0.25) is 0 Å². The quantitative estimate of drug-likeness (QED) is 0.655. The van der Waals surface area contributed by atoms with Crippen LogP contribution in [-0.2, 0) is 0 Å². The van der Waals surface area contributed by atoms with Gasteiger partial charge in [-0.25, -0.2) is 0 Å². The molecular weight excluding hydrogens is 344 g/mol. The van der Waals surface area contributed by atoms with E-state index < -0.39 is 0 Å². The molecule has 28 heavy (non-hydrogen) atoms. The molecule has 2 aromatic heterocycles. The van der Waals surface area contributed by atoms with Crippen molar-refractivity contribution in [2.24, 2.45) is 0 Å². The van der Waals surface area contributed by atoms with Crippen molar-refractivity contribution in [1.82, 2.24) is 20.4 Å². The maximum Gasteiger partial charge on any atom is 0.0574 e. The Kier molecular flexibility index (Phi) is 4.22. The topological polar surface area (TPSA) is 51.6 Å². The van der Waals surface area contributed by atoms with E-state index in [1.54, 1.807) is 12.4 Å². The lowest BCUT2D eigenvalue weighted by Crippen LogP contribution is -1.89. The predicted octanol–water partition coefficient (Wildman–Crippen LogP) is 5.01. The first-order chi connectivity index (χ1) is 13.9. The summed E-state index contributed by atoms with van der Waals surface area (Å²) in [5, 5.41) is 15.7. The van der Waals surface area contributed by atoms with Gasteiger partial charge in [-0.05, 0) is 70.0 Å². The summed E-state index contributed by atoms with van der Waals surface area (Å²) in [5.41, 5.74) is 9.94. The fraction of sp³-hybridized carbons (Fsp3) is 0.0833. The van der Waals surface area contributed by atoms with Crippen LogP contribution < -0.4 is 0 Å². The monoisotopic (exact) mass is 362 g/mol. The Hall–Kier alpha value is -3.66. The minimum Gasteiger partial charge on any atom is -0.159 e. The van der Waals surface area contributed by atoms with E-state index in [9.17, 15) is 0 Å². The van der Waals surface area contributed by atoms with Gasteiger partial charge in [-0.2, -0.15) is 20.4 Å². The normalized spacial score (nSPS) is 15.7. The van der Waals surface area contributed by atoms with E-state index in [2.05, 4.69) is 69.0 Å². The Morgan fingerprint density at radius 1 is 0.643 bits per heavy atom. The summed E-state index contributed by atoms with van der Waals surface area (Å²) in [6, 6.07) is 12.8. The molecule has 0 amide bonds. The van der Waals surface area contributed by atoms with Crippen LogP contribution in [0.3, 0.4) is 0 Å². The molecule has 0 atom stereocenters. The first-order valence-corrected chi connectivity index (χ1v) is 9.32. The van der Waals surface area contributed by atoms with Gasteiger partial charge in [0.15, 0.2) is 0 Å². The van der Waals surface area contributed by atoms with Gasteiger partial charge in [0.1, 0.15) is 0 Å². The average Bonchev–Trinajstić information content (AvgIpc) is 3.46. The van der Waals surface area contributed by atoms with E-state index in [0.29, 0.717) is 0 Å². The number of aromatic nitrogens is 4. The van der Waals surface area contributed by atoms with Gasteiger partial charge in [0, 0.05) is 5.56 Å². The molecule has 0 saturated carbocycles. The van der Waals surface area contributed by atoms with Crippen molar-refractivity contribution in [2.45, 2.75) is 12.8 Å². The van der Waals surface area contributed by atoms with Gasteiger partial charge in [0.05, 0.1) is 24.8 Å². The van der Waals surface area contributed by atoms with Crippen LogP contribution in [-0.4, -0.2) is 20.4 Å². The van der Waals surface area contributed by atoms with E-state index in [1.165, 1.54) is 33.4 Å². The lowest BCUT2D eigenvalue weighted by molar-refractivity contribution is 1.02. The van der Waals surface area contributed by atoms with Gasteiger partial charge in [-0.15, -0.1) is 0 Å². The summed E-state index contributed by atoms with van der Waals surface area (Å²) < 4.78 is 0. The van der Waals surface area contributed by atoms with Crippen LogP contribution in [0.5, 0.6) is 0 Å². The second-order valence-corrected chi connectivity index (χ2v) is 6.94. The average molecular weight is 362 g/mol. The van der Waals surface area contributed by atoms with Gasteiger partial charge in [0.2, 0.25) is 0 Å². The fourth-order valence-corrected chi connectivity index (χ4v) is 3.71. The fourth-order valence-electron chi connectivity index (χ4n) is 3.71. The third-order valence-electron chi connectivity index (χ3n) is 5.21. The van der Waals surface area contributed by atoms with Crippen LogP contribution >= 0.6 is 0 Å². The van der Waals surface area contributed by atoms with Crippen molar-refractivity contribution in [2.75, 3.05) is 0 Å². The Bertz CT molecular complexity index is 1140. The minimum absolute atomic E-state index is 0.917. The number of rotatable bonds is 4. The molecule has 2 aliphatic rings. The molecule has 0 aliphatic heterocycles. The highest BCUT2D eigenvalue weighted by molar-refractivity contribution is 5.91. The molecule has 5 rings (SSSR count). The van der Waals surface area contributed by atoms with Gasteiger partial charge < -0.3 is 0 Å². The van der Waals surface area contributed by atoms with Crippen LogP contribution in [0.1, 0.15) is 35.1 Å². The molecule has 4 nitrogen and oxygen atoms in total. The molecule has 3 aromatic rings. The highest BCUT2D eigenvalue weighted by atomic mass is 15.1. The number of hydrogen-bond acceptors (Lipinski definition) is 4. The smallest absolute Gasteiger partial charge is 0.0574 e. The molecule has 4 heteroatoms. The maximum atomic E-state index is 3.99. The van der Waals surface area contributed by atoms with E-state index in [-0.39, 0.29) is 0 Å². The Balaban J connectivity index is 1.36. The highest BCUT2D eigenvalue weighted by Gasteiger charge is 2.15. The van der Waals surface area contributed by atoms with Crippen molar-refractivity contribution in [3.8, 4) is 0 Å². The Morgan fingerprint density at radius 2 is 1.32 bits per heavy atom. The molecule has 134 valence electrons. The van der Waals surface area contributed by atoms with Crippen LogP contribution in [0.25, 0.3) is 22.3 Å². The Labute approximate surface area is 163 Å². The molecule has 2 aliphatic carbocycles. The van der Waals surface area contributed by atoms with Crippen molar-refractivity contribution in [3.05, 3.63) is 108 Å². The summed E-state index contributed by atoms with van der Waals surface area (Å²) in [4.78, 5) is 0. The Morgan fingerprint density at radius 3 is 2.04 bits per heavy atom. The summed E-state index contributed by atoms with van der Waals surface area (Å²) in [5.74, 6) is 0. The number of hydrogen-bond donors (Lipinski definition) is 0. The molecule has 2 heterocycles. The summed E-state index contributed by atoms with van der Waals surface area (Å²) in [6.07, 6.45) is 17.9. The SMILES string of the molecule is C1=C(c2ccnnc2)C=C(c2cccc(C3=CC=C(c4ccnnc4)C3)c2)C1. The van der Waals surface area contributed by atoms with E-state index in [1.807, 2.05) is 24.5 Å². The molecular formula is C24H18N4. The molecule has 0 radical (unpaired) electrons. The number of benzene rings is 1. The van der Waals surface area contributed by atoms with E-state index in [4.69, 9.17) is 0 Å². The third-order valence-corrected chi connectivity index (χ3v) is 5.21. The first kappa shape index (κ1) is 16.5. The molecule has 0 saturated heterocycles. The van der Waals surface area contributed by atoms with Gasteiger partial charge >= 0.3 is 0 Å². The lowest BCUT2D eigenvalue weighted by atomic mass is 9.96. The van der Waals surface area contributed by atoms with Crippen LogP contribution in [0.2, 0.25) is 0 Å². The van der Waals surface area contributed by atoms with Crippen LogP contribution in [0.4, 0.5) is 0 Å². The third kappa shape index (κ3) is 3.21. The molecule has 0 N–H and O–H groups in total. The minimum atomic E-state index is 0.917. The molecule has 0 unspecified atom stereocenters. The number of nitrogens with zero attached hydrogens (tertiary/aromatic N) is 4. The molecule has 0 spiro atoms. The standard InChI is InChI=1S/C24H18N4/c1-2-17(19-4-6-21(13-19)23-8-10-25-27-15-23)12-18(3-1)20-5-7-22(14-20)24-9-11-26-28-16-24/h1-4,6-12,14-16H,5,13H2. The van der Waals surface area contributed by atoms with Crippen molar-refractivity contribution in [3.63, 3.8) is 0 Å². The van der Waals surface area contributed by atoms with Crippen molar-refractivity contribution < 1.29 is 0 Å². The lowest BCUT2D eigenvalue weighted by Gasteiger charge is -2.09. The van der Waals surface area contributed by atoms with Gasteiger partial charge in [-0.1, -0.05) is 42.5 Å². The maximum absolute atomic E-state index is 3.99. The molecule has 0 fully saturated rings. The van der Waals surface area contributed by atoms with E-state index in [0.717, 1.165) is 24.0 Å². The van der Waals surface area contributed by atoms with Crippen LogP contribution in [0.15, 0.2) is 85.5 Å². The van der Waals surface area contributed by atoms with E-state index >= 15 is 0 Å². The number of allylic oxidation sites excluding steroid dienone is 8. The predicted molar refractivity (Wildman–Crippen MR) is 112 cm³/mol. The van der Waals surface area contributed by atoms with Gasteiger partial charge in [0.25, 0.3) is 0 Å². The summed E-state index contributed by atoms with van der Waals surface area (Å²) >= 11 is 0. The summed E-state index contributed by atoms with van der Waals surface area (Å²) in [7, 11) is 0. The second-order valence-electron chi connectivity index (χ2n) is 6.94. The second kappa shape index (κ2) is 7.16. The molecule has 1 aromatic carbocycles. The molecule has 0 bridgehead atoms. The highest BCUT2D eigenvalue weighted by Crippen LogP contribution is 2.36. The largest absolute Gasteiger partial charge is 0.159 e. The zero-order valence-electron chi connectivity index (χ0n) is 15.3. The van der Waals surface area contributed by atoms with Crippen molar-refractivity contribution in [1.29, 1.82) is 0 Å².